The quantitative estimate of drug-likeness (QED) is 0.182. The van der Waals surface area contributed by atoms with Gasteiger partial charge in [-0.05, 0) is 140 Å². The summed E-state index contributed by atoms with van der Waals surface area (Å²) >= 11 is 0. The van der Waals surface area contributed by atoms with Crippen LogP contribution >= 0.6 is 0 Å². The Morgan fingerprint density at radius 3 is 1.80 bits per heavy atom. The fraction of sp³-hybridized carbons (Fsp3) is 0.123. The van der Waals surface area contributed by atoms with Crippen LogP contribution in [-0.2, 0) is 5.41 Å². The summed E-state index contributed by atoms with van der Waals surface area (Å²) < 4.78 is 0. The van der Waals surface area contributed by atoms with Crippen LogP contribution in [0.25, 0.3) is 43.8 Å². The van der Waals surface area contributed by atoms with Crippen molar-refractivity contribution in [2.24, 2.45) is 0 Å². The first kappa shape index (κ1) is 34.2. The minimum atomic E-state index is -0.530. The first-order chi connectivity index (χ1) is 29.3. The van der Waals surface area contributed by atoms with E-state index in [1.54, 1.807) is 0 Å². The van der Waals surface area contributed by atoms with Gasteiger partial charge in [-0.25, -0.2) is 0 Å². The number of nitrogens with one attached hydrogen (secondary N) is 1. The van der Waals surface area contributed by atoms with Crippen molar-refractivity contribution in [3.63, 3.8) is 0 Å². The molecule has 3 aliphatic rings. The fourth-order valence-electron chi connectivity index (χ4n) is 11.1. The molecule has 9 aromatic carbocycles. The molecule has 0 aliphatic heterocycles. The maximum absolute atomic E-state index is 3.66. The third-order valence-electron chi connectivity index (χ3n) is 13.6. The normalized spacial score (nSPS) is 14.8. The van der Waals surface area contributed by atoms with Crippen LogP contribution in [0.2, 0.25) is 0 Å². The van der Waals surface area contributed by atoms with Gasteiger partial charge in [0.2, 0.25) is 0 Å². The van der Waals surface area contributed by atoms with Crippen molar-refractivity contribution < 1.29 is 0 Å². The van der Waals surface area contributed by atoms with Crippen LogP contribution in [0.3, 0.4) is 0 Å². The van der Waals surface area contributed by atoms with Crippen molar-refractivity contribution in [3.05, 3.63) is 222 Å². The molecule has 0 unspecified atom stereocenters. The molecule has 59 heavy (non-hydrogen) atoms. The van der Waals surface area contributed by atoms with Gasteiger partial charge in [0, 0.05) is 28.1 Å². The van der Waals surface area contributed by atoms with Crippen LogP contribution in [0.5, 0.6) is 0 Å². The Kier molecular flexibility index (Phi) is 7.88. The molecule has 9 aromatic rings. The van der Waals surface area contributed by atoms with Gasteiger partial charge in [0.05, 0.1) is 11.1 Å². The monoisotopic (exact) mass is 756 g/mol. The summed E-state index contributed by atoms with van der Waals surface area (Å²) in [5.74, 6) is 0.657. The summed E-state index contributed by atoms with van der Waals surface area (Å²) in [5, 5.41) is 8.70. The molecule has 0 amide bonds. The van der Waals surface area contributed by atoms with Gasteiger partial charge in [-0.2, -0.15) is 0 Å². The van der Waals surface area contributed by atoms with Gasteiger partial charge in [-0.1, -0.05) is 159 Å². The SMILES string of the molecule is c1ccc(Nc2ccc3c4c(ccc3c2)-c2c(cc(N(c3ccccc3)c3ccc(C5CCCCC5)cc3)c3ccccc23)C42c3ccccc3-c3ccccc32)cc1. The molecule has 0 saturated heterocycles. The van der Waals surface area contributed by atoms with Gasteiger partial charge in [-0.3, -0.25) is 0 Å². The van der Waals surface area contributed by atoms with Gasteiger partial charge in [0.25, 0.3) is 0 Å². The summed E-state index contributed by atoms with van der Waals surface area (Å²) in [6.07, 6.45) is 6.62. The van der Waals surface area contributed by atoms with Crippen LogP contribution in [0.4, 0.5) is 28.4 Å². The number of rotatable bonds is 6. The number of hydrogen-bond acceptors (Lipinski definition) is 2. The lowest BCUT2D eigenvalue weighted by Gasteiger charge is -2.33. The predicted octanol–water partition coefficient (Wildman–Crippen LogP) is 15.6. The number of anilines is 5. The van der Waals surface area contributed by atoms with Crippen molar-refractivity contribution in [3.8, 4) is 22.3 Å². The van der Waals surface area contributed by atoms with Gasteiger partial charge in [-0.15, -0.1) is 0 Å². The third kappa shape index (κ3) is 5.19. The highest BCUT2D eigenvalue weighted by Crippen LogP contribution is 2.66. The molecule has 0 radical (unpaired) electrons. The maximum atomic E-state index is 3.66. The summed E-state index contributed by atoms with van der Waals surface area (Å²) in [6, 6.07) is 72.7. The van der Waals surface area contributed by atoms with Gasteiger partial charge in [0.1, 0.15) is 0 Å². The first-order valence-electron chi connectivity index (χ1n) is 21.4. The fourth-order valence-corrected chi connectivity index (χ4v) is 11.1. The molecule has 1 spiro atoms. The Bertz CT molecular complexity index is 3000. The predicted molar refractivity (Wildman–Crippen MR) is 248 cm³/mol. The van der Waals surface area contributed by atoms with Crippen LogP contribution in [0.15, 0.2) is 194 Å². The van der Waals surface area contributed by atoms with Crippen LogP contribution < -0.4 is 10.2 Å². The molecule has 1 fully saturated rings. The lowest BCUT2D eigenvalue weighted by molar-refractivity contribution is 0.443. The van der Waals surface area contributed by atoms with Gasteiger partial charge >= 0.3 is 0 Å². The Morgan fingerprint density at radius 2 is 1.07 bits per heavy atom. The highest BCUT2D eigenvalue weighted by molar-refractivity contribution is 6.15. The minimum absolute atomic E-state index is 0.530. The summed E-state index contributed by atoms with van der Waals surface area (Å²) in [5.41, 5.74) is 17.3. The topological polar surface area (TPSA) is 15.3 Å². The second-order valence-corrected chi connectivity index (χ2v) is 16.7. The zero-order chi connectivity index (χ0) is 38.9. The summed E-state index contributed by atoms with van der Waals surface area (Å²) in [6.45, 7) is 0. The number of fused-ring (bicyclic) bond motifs is 14. The van der Waals surface area contributed by atoms with Crippen LogP contribution in [0.1, 0.15) is 65.8 Å². The highest BCUT2D eigenvalue weighted by atomic mass is 15.1. The van der Waals surface area contributed by atoms with E-state index in [-0.39, 0.29) is 0 Å². The van der Waals surface area contributed by atoms with Gasteiger partial charge < -0.3 is 10.2 Å². The molecule has 12 rings (SSSR count). The van der Waals surface area contributed by atoms with Crippen molar-refractivity contribution >= 4 is 50.0 Å². The number of hydrogen-bond donors (Lipinski definition) is 1. The number of nitrogens with zero attached hydrogens (tertiary/aromatic N) is 1. The first-order valence-corrected chi connectivity index (χ1v) is 21.4. The summed E-state index contributed by atoms with van der Waals surface area (Å²) in [4.78, 5) is 2.51. The van der Waals surface area contributed by atoms with E-state index in [1.807, 2.05) is 0 Å². The highest BCUT2D eigenvalue weighted by Gasteiger charge is 2.53. The van der Waals surface area contributed by atoms with E-state index in [4.69, 9.17) is 0 Å². The van der Waals surface area contributed by atoms with Crippen molar-refractivity contribution in [1.29, 1.82) is 0 Å². The lowest BCUT2D eigenvalue weighted by Crippen LogP contribution is -2.26. The molecular weight excluding hydrogens is 713 g/mol. The van der Waals surface area contributed by atoms with E-state index in [2.05, 4.69) is 204 Å². The van der Waals surface area contributed by atoms with Crippen LogP contribution in [-0.4, -0.2) is 0 Å². The molecule has 2 heteroatoms. The average Bonchev–Trinajstić information content (AvgIpc) is 3.78. The number of benzene rings is 9. The van der Waals surface area contributed by atoms with E-state index in [0.29, 0.717) is 5.92 Å². The zero-order valence-electron chi connectivity index (χ0n) is 33.0. The number of para-hydroxylation sites is 2. The largest absolute Gasteiger partial charge is 0.356 e. The molecule has 0 heterocycles. The molecule has 0 aromatic heterocycles. The molecule has 1 saturated carbocycles. The Labute approximate surface area is 346 Å². The molecule has 3 aliphatic carbocycles. The van der Waals surface area contributed by atoms with E-state index < -0.39 is 5.41 Å². The van der Waals surface area contributed by atoms with Crippen molar-refractivity contribution in [2.45, 2.75) is 43.4 Å². The summed E-state index contributed by atoms with van der Waals surface area (Å²) in [7, 11) is 0. The van der Waals surface area contributed by atoms with E-state index in [9.17, 15) is 0 Å². The Balaban J connectivity index is 1.15. The third-order valence-corrected chi connectivity index (χ3v) is 13.6. The lowest BCUT2D eigenvalue weighted by atomic mass is 9.69. The Hall–Kier alpha value is -6.90. The second kappa shape index (κ2) is 13.6. The average molecular weight is 757 g/mol. The van der Waals surface area contributed by atoms with Crippen LogP contribution in [0, 0.1) is 0 Å². The van der Waals surface area contributed by atoms with Gasteiger partial charge in [0.15, 0.2) is 0 Å². The van der Waals surface area contributed by atoms with E-state index in [1.165, 1.54) is 115 Å². The van der Waals surface area contributed by atoms with Crippen molar-refractivity contribution in [2.75, 3.05) is 10.2 Å². The smallest absolute Gasteiger partial charge is 0.0732 e. The van der Waals surface area contributed by atoms with E-state index in [0.717, 1.165) is 17.1 Å². The van der Waals surface area contributed by atoms with Crippen molar-refractivity contribution in [1.82, 2.24) is 0 Å². The second-order valence-electron chi connectivity index (χ2n) is 16.7. The molecule has 0 bridgehead atoms. The Morgan fingerprint density at radius 1 is 0.441 bits per heavy atom. The standard InChI is InChI=1S/C57H44N2/c1-4-16-38(17-5-1)39-28-32-44(33-29-39)59(43-20-8-3-9-21-43)54-37-53-55(49-25-11-10-24-48(49)54)50-34-30-40-36-42(58-41-18-6-2-7-19-41)31-35-45(40)56(50)57(53)51-26-14-12-22-46(51)47-23-13-15-27-52(47)57/h2-3,6-15,18-38,58H,1,4-5,16-17H2. The molecule has 282 valence electrons. The van der Waals surface area contributed by atoms with E-state index >= 15 is 0 Å². The molecule has 2 nitrogen and oxygen atoms in total. The zero-order valence-corrected chi connectivity index (χ0v) is 33.0. The maximum Gasteiger partial charge on any atom is 0.0732 e. The minimum Gasteiger partial charge on any atom is -0.356 e. The molecule has 1 N–H and O–H groups in total. The molecular formula is C57H44N2. The molecule has 0 atom stereocenters.